The number of methoxy groups -OCH3 is 2. The third-order valence-corrected chi connectivity index (χ3v) is 6.44. The molecule has 1 N–H and O–H groups in total. The Labute approximate surface area is 187 Å². The summed E-state index contributed by atoms with van der Waals surface area (Å²) in [5, 5.41) is 8.64. The monoisotopic (exact) mass is 456 g/mol. The molecule has 0 unspecified atom stereocenters. The smallest absolute Gasteiger partial charge is 0.262 e. The Kier molecular flexibility index (Phi) is 6.42. The molecule has 32 heavy (non-hydrogen) atoms. The van der Waals surface area contributed by atoms with Crippen molar-refractivity contribution in [3.63, 3.8) is 0 Å². The molecular formula is C22H24N4O5S. The van der Waals surface area contributed by atoms with Crippen LogP contribution in [0.4, 0.5) is 11.5 Å². The minimum absolute atomic E-state index is 0.0650. The Hall–Kier alpha value is -3.37. The van der Waals surface area contributed by atoms with Crippen LogP contribution in [0.2, 0.25) is 0 Å². The van der Waals surface area contributed by atoms with Gasteiger partial charge in [0.1, 0.15) is 0 Å². The predicted molar refractivity (Wildman–Crippen MR) is 121 cm³/mol. The predicted octanol–water partition coefficient (Wildman–Crippen LogP) is 2.80. The number of benzene rings is 2. The molecule has 3 aromatic rings. The number of hydrogen-bond acceptors (Lipinski definition) is 8. The van der Waals surface area contributed by atoms with Gasteiger partial charge in [0.15, 0.2) is 17.3 Å². The van der Waals surface area contributed by atoms with E-state index >= 15 is 0 Å². The van der Waals surface area contributed by atoms with Crippen LogP contribution in [0.15, 0.2) is 59.5 Å². The molecule has 0 atom stereocenters. The van der Waals surface area contributed by atoms with Gasteiger partial charge in [-0.3, -0.25) is 4.72 Å². The topological polar surface area (TPSA) is 103 Å². The second kappa shape index (κ2) is 9.41. The van der Waals surface area contributed by atoms with Gasteiger partial charge in [-0.05, 0) is 36.4 Å². The van der Waals surface area contributed by atoms with Crippen molar-refractivity contribution < 1.29 is 22.6 Å². The van der Waals surface area contributed by atoms with Crippen LogP contribution >= 0.6 is 0 Å². The summed E-state index contributed by atoms with van der Waals surface area (Å²) < 4.78 is 44.1. The van der Waals surface area contributed by atoms with E-state index in [0.29, 0.717) is 36.1 Å². The van der Waals surface area contributed by atoms with Crippen molar-refractivity contribution in [1.82, 2.24) is 10.2 Å². The van der Waals surface area contributed by atoms with Crippen LogP contribution in [0, 0.1) is 0 Å². The number of hydrogen-bond donors (Lipinski definition) is 1. The summed E-state index contributed by atoms with van der Waals surface area (Å²) in [6.07, 6.45) is 0. The highest BCUT2D eigenvalue weighted by Gasteiger charge is 2.18. The number of morpholine rings is 1. The first kappa shape index (κ1) is 21.8. The quantitative estimate of drug-likeness (QED) is 0.579. The van der Waals surface area contributed by atoms with Crippen LogP contribution in [0.5, 0.6) is 11.5 Å². The first-order valence-electron chi connectivity index (χ1n) is 10.0. The van der Waals surface area contributed by atoms with E-state index in [1.807, 2.05) is 18.2 Å². The molecule has 1 aliphatic rings. The minimum atomic E-state index is -3.83. The summed E-state index contributed by atoms with van der Waals surface area (Å²) in [6, 6.07) is 15.2. The maximum absolute atomic E-state index is 12.9. The molecular weight excluding hydrogens is 432 g/mol. The third kappa shape index (κ3) is 4.76. The fourth-order valence-corrected chi connectivity index (χ4v) is 4.44. The molecule has 2 heterocycles. The van der Waals surface area contributed by atoms with E-state index in [2.05, 4.69) is 19.8 Å². The fraction of sp³-hybridized carbons (Fsp3) is 0.273. The van der Waals surface area contributed by atoms with Gasteiger partial charge in [0.05, 0.1) is 38.0 Å². The van der Waals surface area contributed by atoms with E-state index in [9.17, 15) is 8.42 Å². The van der Waals surface area contributed by atoms with E-state index in [4.69, 9.17) is 14.2 Å². The number of nitrogens with zero attached hydrogens (tertiary/aromatic N) is 3. The first-order chi connectivity index (χ1) is 15.5. The number of nitrogens with one attached hydrogen (secondary N) is 1. The van der Waals surface area contributed by atoms with Gasteiger partial charge < -0.3 is 19.1 Å². The molecule has 1 saturated heterocycles. The van der Waals surface area contributed by atoms with Crippen LogP contribution in [0.1, 0.15) is 0 Å². The van der Waals surface area contributed by atoms with E-state index in [-0.39, 0.29) is 4.90 Å². The van der Waals surface area contributed by atoms with Crippen LogP contribution < -0.4 is 19.1 Å². The summed E-state index contributed by atoms with van der Waals surface area (Å²) in [4.78, 5) is 2.18. The first-order valence-corrected chi connectivity index (χ1v) is 11.5. The molecule has 0 amide bonds. The minimum Gasteiger partial charge on any atom is -0.493 e. The Morgan fingerprint density at radius 1 is 0.938 bits per heavy atom. The summed E-state index contributed by atoms with van der Waals surface area (Å²) in [5.74, 6) is 1.58. The number of rotatable bonds is 7. The lowest BCUT2D eigenvalue weighted by atomic mass is 10.1. The van der Waals surface area contributed by atoms with Gasteiger partial charge in [-0.25, -0.2) is 8.42 Å². The fourth-order valence-electron chi connectivity index (χ4n) is 3.38. The van der Waals surface area contributed by atoms with E-state index in [1.54, 1.807) is 24.3 Å². The van der Waals surface area contributed by atoms with Gasteiger partial charge in [-0.1, -0.05) is 12.1 Å². The molecule has 1 fully saturated rings. The van der Waals surface area contributed by atoms with Crippen LogP contribution in [0.25, 0.3) is 11.3 Å². The zero-order valence-electron chi connectivity index (χ0n) is 17.8. The second-order valence-electron chi connectivity index (χ2n) is 7.08. The van der Waals surface area contributed by atoms with Gasteiger partial charge in [0.2, 0.25) is 0 Å². The number of ether oxygens (including phenoxy) is 3. The lowest BCUT2D eigenvalue weighted by Crippen LogP contribution is -2.36. The lowest BCUT2D eigenvalue weighted by Gasteiger charge is -2.27. The molecule has 0 aliphatic carbocycles. The standard InChI is InChI=1S/C22H24N4O5S/c1-29-20-8-6-18(15-21(20)30-2)32(27,28)25-17-5-3-4-16(14-17)19-7-9-22(24-23-19)26-10-12-31-13-11-26/h3-9,14-15,25H,10-13H2,1-2H3. The van der Waals surface area contributed by atoms with Crippen molar-refractivity contribution in [2.45, 2.75) is 4.90 Å². The molecule has 0 saturated carbocycles. The van der Waals surface area contributed by atoms with E-state index in [1.165, 1.54) is 26.4 Å². The van der Waals surface area contributed by atoms with Gasteiger partial charge in [0, 0.05) is 30.4 Å². The van der Waals surface area contributed by atoms with Crippen molar-refractivity contribution in [3.05, 3.63) is 54.6 Å². The zero-order valence-corrected chi connectivity index (χ0v) is 18.6. The largest absolute Gasteiger partial charge is 0.493 e. The maximum Gasteiger partial charge on any atom is 0.262 e. The third-order valence-electron chi connectivity index (χ3n) is 5.06. The van der Waals surface area contributed by atoms with Crippen molar-refractivity contribution >= 4 is 21.5 Å². The average Bonchev–Trinajstić information content (AvgIpc) is 2.84. The van der Waals surface area contributed by atoms with E-state index < -0.39 is 10.0 Å². The molecule has 2 aromatic carbocycles. The van der Waals surface area contributed by atoms with Crippen LogP contribution in [-0.4, -0.2) is 59.1 Å². The average molecular weight is 457 g/mol. The number of sulfonamides is 1. The second-order valence-corrected chi connectivity index (χ2v) is 8.76. The maximum atomic E-state index is 12.9. The zero-order chi connectivity index (χ0) is 22.6. The molecule has 1 aromatic heterocycles. The number of aromatic nitrogens is 2. The van der Waals surface area contributed by atoms with Crippen LogP contribution in [0.3, 0.4) is 0 Å². The van der Waals surface area contributed by atoms with Crippen LogP contribution in [-0.2, 0) is 14.8 Å². The van der Waals surface area contributed by atoms with E-state index in [0.717, 1.165) is 24.5 Å². The highest BCUT2D eigenvalue weighted by atomic mass is 32.2. The summed E-state index contributed by atoms with van der Waals surface area (Å²) in [5.41, 5.74) is 1.81. The Bertz CT molecular complexity index is 1180. The molecule has 0 spiro atoms. The summed E-state index contributed by atoms with van der Waals surface area (Å²) in [7, 11) is -0.884. The molecule has 10 heteroatoms. The molecule has 0 bridgehead atoms. The highest BCUT2D eigenvalue weighted by Crippen LogP contribution is 2.30. The Morgan fingerprint density at radius 3 is 2.41 bits per heavy atom. The molecule has 4 rings (SSSR count). The molecule has 1 aliphatic heterocycles. The van der Waals surface area contributed by atoms with Gasteiger partial charge >= 0.3 is 0 Å². The Balaban J connectivity index is 1.54. The summed E-state index contributed by atoms with van der Waals surface area (Å²) >= 11 is 0. The van der Waals surface area contributed by atoms with Gasteiger partial charge in [-0.2, -0.15) is 0 Å². The Morgan fingerprint density at radius 2 is 1.72 bits per heavy atom. The van der Waals surface area contributed by atoms with Crippen molar-refractivity contribution in [3.8, 4) is 22.8 Å². The molecule has 0 radical (unpaired) electrons. The number of anilines is 2. The van der Waals surface area contributed by atoms with Crippen molar-refractivity contribution in [2.24, 2.45) is 0 Å². The summed E-state index contributed by atoms with van der Waals surface area (Å²) in [6.45, 7) is 2.90. The van der Waals surface area contributed by atoms with Gasteiger partial charge in [-0.15, -0.1) is 10.2 Å². The molecule has 9 nitrogen and oxygen atoms in total. The lowest BCUT2D eigenvalue weighted by molar-refractivity contribution is 0.122. The highest BCUT2D eigenvalue weighted by molar-refractivity contribution is 7.92. The van der Waals surface area contributed by atoms with Gasteiger partial charge in [0.25, 0.3) is 10.0 Å². The SMILES string of the molecule is COc1ccc(S(=O)(=O)Nc2cccc(-c3ccc(N4CCOCC4)nn3)c2)cc1OC. The normalized spacial score (nSPS) is 14.1. The van der Waals surface area contributed by atoms with Crippen molar-refractivity contribution in [2.75, 3.05) is 50.1 Å². The van der Waals surface area contributed by atoms with Crippen molar-refractivity contribution in [1.29, 1.82) is 0 Å². The molecule has 168 valence electrons.